The molecule has 0 unspecified atom stereocenters. The molecule has 140 valence electrons. The first-order valence-electron chi connectivity index (χ1n) is 8.82. The second-order valence-corrected chi connectivity index (χ2v) is 6.62. The summed E-state index contributed by atoms with van der Waals surface area (Å²) >= 11 is 0. The minimum Gasteiger partial charge on any atom is -0.486 e. The van der Waals surface area contributed by atoms with Crippen molar-refractivity contribution in [3.05, 3.63) is 58.1 Å². The number of fused-ring (bicyclic) bond motifs is 1. The molecule has 2 aliphatic rings. The van der Waals surface area contributed by atoms with E-state index >= 15 is 0 Å². The molecule has 1 saturated carbocycles. The highest BCUT2D eigenvalue weighted by Gasteiger charge is 2.26. The number of amides is 1. The number of rotatable bonds is 6. The largest absolute Gasteiger partial charge is 0.486 e. The number of ether oxygens (including phenoxy) is 2. The number of carbonyl (C=O) groups is 1. The second kappa shape index (κ2) is 7.14. The van der Waals surface area contributed by atoms with E-state index in [1.54, 1.807) is 18.2 Å². The van der Waals surface area contributed by atoms with Crippen LogP contribution in [0.3, 0.4) is 0 Å². The van der Waals surface area contributed by atoms with Gasteiger partial charge in [-0.3, -0.25) is 14.9 Å². The summed E-state index contributed by atoms with van der Waals surface area (Å²) in [6, 6.07) is 12.1. The van der Waals surface area contributed by atoms with Gasteiger partial charge in [0, 0.05) is 17.7 Å². The SMILES string of the molecule is O=C(NC[C@H]1COc2ccccc2O1)c1ccc(NC2CC2)c([N+](=O)[O-])c1. The summed E-state index contributed by atoms with van der Waals surface area (Å²) in [5, 5.41) is 17.2. The quantitative estimate of drug-likeness (QED) is 0.599. The van der Waals surface area contributed by atoms with Crippen LogP contribution in [-0.4, -0.2) is 36.1 Å². The number of nitrogens with one attached hydrogen (secondary N) is 2. The van der Waals surface area contributed by atoms with Crippen molar-refractivity contribution < 1.29 is 19.2 Å². The number of nitro groups is 1. The number of carbonyl (C=O) groups excluding carboxylic acids is 1. The van der Waals surface area contributed by atoms with Crippen LogP contribution in [0.5, 0.6) is 11.5 Å². The van der Waals surface area contributed by atoms with E-state index in [4.69, 9.17) is 9.47 Å². The number of anilines is 1. The fourth-order valence-corrected chi connectivity index (χ4v) is 2.87. The molecule has 2 aromatic carbocycles. The molecule has 1 aliphatic heterocycles. The Morgan fingerprint density at radius 3 is 2.70 bits per heavy atom. The fraction of sp³-hybridized carbons (Fsp3) is 0.316. The lowest BCUT2D eigenvalue weighted by atomic mass is 10.1. The highest BCUT2D eigenvalue weighted by Crippen LogP contribution is 2.32. The number of hydrogen-bond donors (Lipinski definition) is 2. The third-order valence-electron chi connectivity index (χ3n) is 4.45. The van der Waals surface area contributed by atoms with E-state index in [2.05, 4.69) is 10.6 Å². The van der Waals surface area contributed by atoms with Gasteiger partial charge in [0.2, 0.25) is 0 Å². The monoisotopic (exact) mass is 369 g/mol. The first-order valence-corrected chi connectivity index (χ1v) is 8.82. The summed E-state index contributed by atoms with van der Waals surface area (Å²) in [6.07, 6.45) is 1.69. The predicted octanol–water partition coefficient (Wildman–Crippen LogP) is 2.74. The predicted molar refractivity (Wildman–Crippen MR) is 98.4 cm³/mol. The van der Waals surface area contributed by atoms with Crippen LogP contribution in [0.1, 0.15) is 23.2 Å². The van der Waals surface area contributed by atoms with Crippen molar-refractivity contribution in [3.63, 3.8) is 0 Å². The highest BCUT2D eigenvalue weighted by molar-refractivity contribution is 5.95. The van der Waals surface area contributed by atoms with Crippen LogP contribution in [0, 0.1) is 10.1 Å². The Bertz CT molecular complexity index is 881. The van der Waals surface area contributed by atoms with Crippen LogP contribution >= 0.6 is 0 Å². The van der Waals surface area contributed by atoms with Gasteiger partial charge in [-0.1, -0.05) is 12.1 Å². The van der Waals surface area contributed by atoms with Crippen molar-refractivity contribution in [2.24, 2.45) is 0 Å². The topological polar surface area (TPSA) is 103 Å². The van der Waals surface area contributed by atoms with Crippen molar-refractivity contribution in [1.29, 1.82) is 0 Å². The molecule has 2 N–H and O–H groups in total. The number of hydrogen-bond acceptors (Lipinski definition) is 6. The van der Waals surface area contributed by atoms with Gasteiger partial charge in [0.05, 0.1) is 11.5 Å². The Hall–Kier alpha value is -3.29. The summed E-state index contributed by atoms with van der Waals surface area (Å²) in [4.78, 5) is 23.2. The van der Waals surface area contributed by atoms with E-state index in [9.17, 15) is 14.9 Å². The van der Waals surface area contributed by atoms with Gasteiger partial charge in [0.1, 0.15) is 18.4 Å². The summed E-state index contributed by atoms with van der Waals surface area (Å²) < 4.78 is 11.4. The first kappa shape index (κ1) is 17.1. The van der Waals surface area contributed by atoms with Crippen LogP contribution in [0.4, 0.5) is 11.4 Å². The molecule has 1 heterocycles. The Kier molecular flexibility index (Phi) is 4.53. The Morgan fingerprint density at radius 1 is 1.19 bits per heavy atom. The summed E-state index contributed by atoms with van der Waals surface area (Å²) in [5.74, 6) is 0.919. The van der Waals surface area contributed by atoms with Crippen molar-refractivity contribution in [1.82, 2.24) is 5.32 Å². The van der Waals surface area contributed by atoms with Crippen LogP contribution in [0.15, 0.2) is 42.5 Å². The normalized spacial score (nSPS) is 17.9. The molecule has 1 fully saturated rings. The number of benzene rings is 2. The lowest BCUT2D eigenvalue weighted by Gasteiger charge is -2.26. The summed E-state index contributed by atoms with van der Waals surface area (Å²) in [7, 11) is 0. The maximum absolute atomic E-state index is 12.4. The van der Waals surface area contributed by atoms with Gasteiger partial charge in [-0.2, -0.15) is 0 Å². The van der Waals surface area contributed by atoms with E-state index in [0.717, 1.165) is 12.8 Å². The van der Waals surface area contributed by atoms with Crippen LogP contribution in [0.25, 0.3) is 0 Å². The molecular weight excluding hydrogens is 350 g/mol. The van der Waals surface area contributed by atoms with Crippen LogP contribution in [0.2, 0.25) is 0 Å². The van der Waals surface area contributed by atoms with Gasteiger partial charge in [0.25, 0.3) is 11.6 Å². The van der Waals surface area contributed by atoms with Gasteiger partial charge >= 0.3 is 0 Å². The van der Waals surface area contributed by atoms with Gasteiger partial charge in [0.15, 0.2) is 11.5 Å². The van der Waals surface area contributed by atoms with E-state index in [-0.39, 0.29) is 29.9 Å². The fourth-order valence-electron chi connectivity index (χ4n) is 2.87. The Balaban J connectivity index is 1.39. The molecule has 1 atom stereocenters. The van der Waals surface area contributed by atoms with Gasteiger partial charge in [-0.05, 0) is 37.1 Å². The molecule has 0 radical (unpaired) electrons. The molecule has 8 nitrogen and oxygen atoms in total. The minimum atomic E-state index is -0.476. The molecule has 0 aromatic heterocycles. The van der Waals surface area contributed by atoms with Crippen LogP contribution in [-0.2, 0) is 0 Å². The number of para-hydroxylation sites is 2. The van der Waals surface area contributed by atoms with Crippen molar-refractivity contribution >= 4 is 17.3 Å². The van der Waals surface area contributed by atoms with Gasteiger partial charge in [-0.25, -0.2) is 0 Å². The standard InChI is InChI=1S/C19H19N3O5/c23-19(20-10-14-11-26-17-3-1-2-4-18(17)27-14)12-5-8-15(21-13-6-7-13)16(9-12)22(24)25/h1-5,8-9,13-14,21H,6-7,10-11H2,(H,20,23)/t14-/m0/s1. The zero-order valence-electron chi connectivity index (χ0n) is 14.5. The van der Waals surface area contributed by atoms with Crippen LogP contribution < -0.4 is 20.1 Å². The summed E-state index contributed by atoms with van der Waals surface area (Å²) in [5.41, 5.74) is 0.584. The molecule has 1 aliphatic carbocycles. The molecule has 0 bridgehead atoms. The second-order valence-electron chi connectivity index (χ2n) is 6.62. The third kappa shape index (κ3) is 3.94. The van der Waals surface area contributed by atoms with Gasteiger partial charge < -0.3 is 20.1 Å². The minimum absolute atomic E-state index is 0.0965. The highest BCUT2D eigenvalue weighted by atomic mass is 16.6. The number of nitro benzene ring substituents is 1. The lowest BCUT2D eigenvalue weighted by Crippen LogP contribution is -2.40. The van der Waals surface area contributed by atoms with E-state index in [0.29, 0.717) is 23.8 Å². The molecule has 27 heavy (non-hydrogen) atoms. The zero-order chi connectivity index (χ0) is 18.8. The lowest BCUT2D eigenvalue weighted by molar-refractivity contribution is -0.384. The molecular formula is C19H19N3O5. The molecule has 1 amide bonds. The van der Waals surface area contributed by atoms with Gasteiger partial charge in [-0.15, -0.1) is 0 Å². The molecule has 2 aromatic rings. The maximum atomic E-state index is 12.4. The Labute approximate surface area is 155 Å². The molecule has 0 saturated heterocycles. The van der Waals surface area contributed by atoms with E-state index in [1.165, 1.54) is 6.07 Å². The zero-order valence-corrected chi connectivity index (χ0v) is 14.5. The Morgan fingerprint density at radius 2 is 1.96 bits per heavy atom. The molecule has 0 spiro atoms. The van der Waals surface area contributed by atoms with Crippen molar-refractivity contribution in [2.75, 3.05) is 18.5 Å². The maximum Gasteiger partial charge on any atom is 0.293 e. The molecule has 8 heteroatoms. The average molecular weight is 369 g/mol. The number of nitrogens with zero attached hydrogens (tertiary/aromatic N) is 1. The van der Waals surface area contributed by atoms with Crippen molar-refractivity contribution in [2.45, 2.75) is 25.0 Å². The average Bonchev–Trinajstić information content (AvgIpc) is 3.50. The van der Waals surface area contributed by atoms with E-state index < -0.39 is 10.8 Å². The van der Waals surface area contributed by atoms with E-state index in [1.807, 2.05) is 18.2 Å². The first-order chi connectivity index (χ1) is 13.1. The summed E-state index contributed by atoms with van der Waals surface area (Å²) in [6.45, 7) is 0.560. The van der Waals surface area contributed by atoms with Crippen molar-refractivity contribution in [3.8, 4) is 11.5 Å². The third-order valence-corrected chi connectivity index (χ3v) is 4.45. The smallest absolute Gasteiger partial charge is 0.293 e. The molecule has 4 rings (SSSR count).